The van der Waals surface area contributed by atoms with Crippen LogP contribution in [-0.2, 0) is 4.79 Å². The van der Waals surface area contributed by atoms with Gasteiger partial charge in [0.25, 0.3) is 0 Å². The summed E-state index contributed by atoms with van der Waals surface area (Å²) in [4.78, 5) is 16.6. The second-order valence-electron chi connectivity index (χ2n) is 7.61. The topological polar surface area (TPSA) is 61.6 Å². The van der Waals surface area contributed by atoms with Crippen LogP contribution in [0.3, 0.4) is 0 Å². The Morgan fingerprint density at radius 3 is 2.48 bits per heavy atom. The fraction of sp³-hybridized carbons (Fsp3) is 0.938. The Kier molecular flexibility index (Phi) is 6.20. The number of nitrogens with two attached hydrogens (primary N) is 1. The molecule has 0 saturated carbocycles. The average Bonchev–Trinajstić information content (AvgIpc) is 2.32. The van der Waals surface area contributed by atoms with E-state index < -0.39 is 5.54 Å². The van der Waals surface area contributed by atoms with Crippen LogP contribution in [0.1, 0.15) is 47.5 Å². The number of amides is 1. The van der Waals surface area contributed by atoms with Gasteiger partial charge in [0.1, 0.15) is 0 Å². The van der Waals surface area contributed by atoms with Crippen molar-refractivity contribution in [2.45, 2.75) is 64.6 Å². The second kappa shape index (κ2) is 7.07. The lowest BCUT2D eigenvalue weighted by atomic mass is 9.93. The molecule has 124 valence electrons. The number of primary amides is 1. The molecule has 21 heavy (non-hydrogen) atoms. The summed E-state index contributed by atoms with van der Waals surface area (Å²) < 4.78 is 0. The molecule has 1 fully saturated rings. The SMILES string of the molecule is CC(C)NC(C)(CCCN1CCN(C)C(C)(C)C1)C(N)=O. The minimum Gasteiger partial charge on any atom is -0.368 e. The Balaban J connectivity index is 2.46. The number of piperazine rings is 1. The van der Waals surface area contributed by atoms with Crippen LogP contribution in [0.4, 0.5) is 0 Å². The van der Waals surface area contributed by atoms with Crippen LogP contribution in [0.5, 0.6) is 0 Å². The lowest BCUT2D eigenvalue weighted by Crippen LogP contribution is -2.58. The molecule has 0 spiro atoms. The maximum Gasteiger partial charge on any atom is 0.237 e. The summed E-state index contributed by atoms with van der Waals surface area (Å²) in [5.74, 6) is -0.255. The van der Waals surface area contributed by atoms with Crippen LogP contribution in [0.15, 0.2) is 0 Å². The van der Waals surface area contributed by atoms with Gasteiger partial charge < -0.3 is 16.0 Å². The smallest absolute Gasteiger partial charge is 0.237 e. The molecule has 1 saturated heterocycles. The van der Waals surface area contributed by atoms with Crippen LogP contribution >= 0.6 is 0 Å². The van der Waals surface area contributed by atoms with Crippen molar-refractivity contribution in [1.82, 2.24) is 15.1 Å². The van der Waals surface area contributed by atoms with Crippen LogP contribution in [0.2, 0.25) is 0 Å². The fourth-order valence-electron chi connectivity index (χ4n) is 3.09. The van der Waals surface area contributed by atoms with Gasteiger partial charge in [0.15, 0.2) is 0 Å². The zero-order chi connectivity index (χ0) is 16.3. The molecule has 0 aromatic carbocycles. The van der Waals surface area contributed by atoms with E-state index in [-0.39, 0.29) is 17.5 Å². The Morgan fingerprint density at radius 1 is 1.38 bits per heavy atom. The van der Waals surface area contributed by atoms with E-state index in [9.17, 15) is 4.79 Å². The molecule has 1 rings (SSSR count). The van der Waals surface area contributed by atoms with E-state index in [4.69, 9.17) is 5.73 Å². The van der Waals surface area contributed by atoms with Crippen molar-refractivity contribution in [3.8, 4) is 0 Å². The first-order valence-electron chi connectivity index (χ1n) is 8.08. The third-order valence-electron chi connectivity index (χ3n) is 4.70. The van der Waals surface area contributed by atoms with Crippen LogP contribution < -0.4 is 11.1 Å². The number of hydrogen-bond donors (Lipinski definition) is 2. The number of rotatable bonds is 7. The van der Waals surface area contributed by atoms with Crippen LogP contribution in [0.25, 0.3) is 0 Å². The van der Waals surface area contributed by atoms with Crippen LogP contribution in [-0.4, -0.2) is 66.1 Å². The molecule has 1 unspecified atom stereocenters. The van der Waals surface area contributed by atoms with Gasteiger partial charge in [-0.2, -0.15) is 0 Å². The van der Waals surface area contributed by atoms with E-state index in [1.807, 2.05) is 20.8 Å². The Morgan fingerprint density at radius 2 is 2.00 bits per heavy atom. The molecule has 3 N–H and O–H groups in total. The predicted octanol–water partition coefficient (Wildman–Crippen LogP) is 1.03. The Hall–Kier alpha value is -0.650. The molecule has 0 aromatic rings. The number of carbonyl (C=O) groups is 1. The van der Waals surface area contributed by atoms with E-state index in [0.717, 1.165) is 39.0 Å². The van der Waals surface area contributed by atoms with Gasteiger partial charge in [0, 0.05) is 31.2 Å². The molecule has 5 nitrogen and oxygen atoms in total. The fourth-order valence-corrected chi connectivity index (χ4v) is 3.09. The van der Waals surface area contributed by atoms with Crippen LogP contribution in [0, 0.1) is 0 Å². The Bertz CT molecular complexity index is 356. The highest BCUT2D eigenvalue weighted by Gasteiger charge is 2.33. The highest BCUT2D eigenvalue weighted by atomic mass is 16.1. The number of likely N-dealkylation sites (N-methyl/N-ethyl adjacent to an activating group) is 1. The highest BCUT2D eigenvalue weighted by molar-refractivity contribution is 5.84. The molecule has 1 amide bonds. The normalized spacial score (nSPS) is 23.2. The zero-order valence-electron chi connectivity index (χ0n) is 14.7. The predicted molar refractivity (Wildman–Crippen MR) is 88.3 cm³/mol. The molecule has 1 aliphatic heterocycles. The second-order valence-corrected chi connectivity index (χ2v) is 7.61. The first-order chi connectivity index (χ1) is 9.57. The number of nitrogens with zero attached hydrogens (tertiary/aromatic N) is 2. The summed E-state index contributed by atoms with van der Waals surface area (Å²) in [5, 5.41) is 3.32. The molecule has 1 aliphatic rings. The molecule has 0 aliphatic carbocycles. The summed E-state index contributed by atoms with van der Waals surface area (Å²) in [5.41, 5.74) is 5.20. The van der Waals surface area contributed by atoms with Crippen molar-refractivity contribution in [2.75, 3.05) is 33.2 Å². The van der Waals surface area contributed by atoms with Crippen molar-refractivity contribution >= 4 is 5.91 Å². The summed E-state index contributed by atoms with van der Waals surface area (Å²) >= 11 is 0. The van der Waals surface area contributed by atoms with Gasteiger partial charge in [-0.25, -0.2) is 0 Å². The standard InChI is InChI=1S/C16H34N4O/c1-13(2)18-16(5,14(17)21)8-7-9-20-11-10-19(6)15(3,4)12-20/h13,18H,7-12H2,1-6H3,(H2,17,21). The maximum atomic E-state index is 11.7. The van der Waals surface area contributed by atoms with Crippen molar-refractivity contribution in [2.24, 2.45) is 5.73 Å². The molecule has 0 radical (unpaired) electrons. The average molecular weight is 298 g/mol. The first kappa shape index (κ1) is 18.4. The van der Waals surface area contributed by atoms with Crippen molar-refractivity contribution in [1.29, 1.82) is 0 Å². The number of hydrogen-bond acceptors (Lipinski definition) is 4. The van der Waals surface area contributed by atoms with Crippen molar-refractivity contribution in [3.05, 3.63) is 0 Å². The number of nitrogens with one attached hydrogen (secondary N) is 1. The summed E-state index contributed by atoms with van der Waals surface area (Å²) in [7, 11) is 2.19. The largest absolute Gasteiger partial charge is 0.368 e. The lowest BCUT2D eigenvalue weighted by Gasteiger charge is -2.45. The number of carbonyl (C=O) groups excluding carboxylic acids is 1. The van der Waals surface area contributed by atoms with Gasteiger partial charge in [-0.1, -0.05) is 0 Å². The van der Waals surface area contributed by atoms with Gasteiger partial charge >= 0.3 is 0 Å². The van der Waals surface area contributed by atoms with Gasteiger partial charge in [-0.05, 0) is 61.1 Å². The third-order valence-corrected chi connectivity index (χ3v) is 4.70. The highest BCUT2D eigenvalue weighted by Crippen LogP contribution is 2.20. The van der Waals surface area contributed by atoms with E-state index in [2.05, 4.69) is 36.0 Å². The summed E-state index contributed by atoms with van der Waals surface area (Å²) in [6.45, 7) is 14.9. The van der Waals surface area contributed by atoms with Crippen molar-refractivity contribution in [3.63, 3.8) is 0 Å². The molecule has 0 bridgehead atoms. The molecular weight excluding hydrogens is 264 g/mol. The van der Waals surface area contributed by atoms with E-state index in [1.54, 1.807) is 0 Å². The Labute approximate surface area is 130 Å². The minimum absolute atomic E-state index is 0.224. The molecular formula is C16H34N4O. The maximum absolute atomic E-state index is 11.7. The van der Waals surface area contributed by atoms with Gasteiger partial charge in [0.2, 0.25) is 5.91 Å². The van der Waals surface area contributed by atoms with Crippen molar-refractivity contribution < 1.29 is 4.79 Å². The molecule has 1 heterocycles. The van der Waals surface area contributed by atoms with E-state index in [0.29, 0.717) is 0 Å². The molecule has 5 heteroatoms. The summed E-state index contributed by atoms with van der Waals surface area (Å²) in [6.07, 6.45) is 1.77. The zero-order valence-corrected chi connectivity index (χ0v) is 14.7. The quantitative estimate of drug-likeness (QED) is 0.737. The lowest BCUT2D eigenvalue weighted by molar-refractivity contribution is -0.124. The summed E-state index contributed by atoms with van der Waals surface area (Å²) in [6, 6.07) is 0.255. The van der Waals surface area contributed by atoms with Gasteiger partial charge in [-0.3, -0.25) is 9.69 Å². The van der Waals surface area contributed by atoms with E-state index in [1.165, 1.54) is 0 Å². The molecule has 1 atom stereocenters. The monoisotopic (exact) mass is 298 g/mol. The minimum atomic E-state index is -0.601. The molecule has 0 aromatic heterocycles. The first-order valence-corrected chi connectivity index (χ1v) is 8.08. The van der Waals surface area contributed by atoms with Gasteiger partial charge in [0.05, 0.1) is 5.54 Å². The van der Waals surface area contributed by atoms with E-state index >= 15 is 0 Å². The van der Waals surface area contributed by atoms with Gasteiger partial charge in [-0.15, -0.1) is 0 Å². The third kappa shape index (κ3) is 5.24.